The van der Waals surface area contributed by atoms with Gasteiger partial charge in [0.05, 0.1) is 5.56 Å². The molecule has 0 bridgehead atoms. The van der Waals surface area contributed by atoms with Crippen LogP contribution in [0.4, 0.5) is 17.6 Å². The van der Waals surface area contributed by atoms with E-state index in [1.165, 1.54) is 0 Å². The van der Waals surface area contributed by atoms with Crippen molar-refractivity contribution in [2.24, 2.45) is 0 Å². The summed E-state index contributed by atoms with van der Waals surface area (Å²) in [6, 6.07) is 1.39. The number of rotatable bonds is 4. The van der Waals surface area contributed by atoms with Crippen molar-refractivity contribution in [1.82, 2.24) is 0 Å². The van der Waals surface area contributed by atoms with E-state index >= 15 is 0 Å². The first-order valence-electron chi connectivity index (χ1n) is 4.25. The molecule has 0 fully saturated rings. The molecule has 1 aromatic rings. The summed E-state index contributed by atoms with van der Waals surface area (Å²) in [5, 5.41) is 8.29. The van der Waals surface area contributed by atoms with E-state index in [9.17, 15) is 22.4 Å². The third-order valence-electron chi connectivity index (χ3n) is 1.70. The molecule has 1 N–H and O–H groups in total. The van der Waals surface area contributed by atoms with E-state index in [2.05, 4.69) is 4.74 Å². The van der Waals surface area contributed by atoms with Crippen molar-refractivity contribution in [1.29, 1.82) is 0 Å². The predicted octanol–water partition coefficient (Wildman–Crippen LogP) is 2.66. The van der Waals surface area contributed by atoms with Gasteiger partial charge in [-0.25, -0.2) is 13.6 Å². The van der Waals surface area contributed by atoms with Crippen LogP contribution in [0.5, 0.6) is 5.75 Å². The molecule has 0 unspecified atom stereocenters. The summed E-state index contributed by atoms with van der Waals surface area (Å²) in [5.74, 6) is -4.75. The van der Waals surface area contributed by atoms with Crippen LogP contribution in [0.1, 0.15) is 5.56 Å². The van der Waals surface area contributed by atoms with Crippen molar-refractivity contribution in [3.63, 3.8) is 0 Å². The Balaban J connectivity index is 3.15. The molecule has 0 spiro atoms. The minimum atomic E-state index is -3.26. The summed E-state index contributed by atoms with van der Waals surface area (Å²) < 4.78 is 54.0. The molecule has 3 nitrogen and oxygen atoms in total. The number of alkyl halides is 2. The Bertz CT molecular complexity index is 457. The van der Waals surface area contributed by atoms with Crippen molar-refractivity contribution in [3.8, 4) is 5.75 Å². The van der Waals surface area contributed by atoms with E-state index in [-0.39, 0.29) is 0 Å². The van der Waals surface area contributed by atoms with Gasteiger partial charge >= 0.3 is 12.6 Å². The van der Waals surface area contributed by atoms with E-state index in [0.29, 0.717) is 24.3 Å². The van der Waals surface area contributed by atoms with Crippen LogP contribution in [0.3, 0.4) is 0 Å². The molecule has 0 atom stereocenters. The molecule has 92 valence electrons. The van der Waals surface area contributed by atoms with Crippen LogP contribution in [0, 0.1) is 11.6 Å². The van der Waals surface area contributed by atoms with Crippen molar-refractivity contribution in [2.45, 2.75) is 6.61 Å². The van der Waals surface area contributed by atoms with Crippen LogP contribution in [0.15, 0.2) is 18.2 Å². The first-order valence-corrected chi connectivity index (χ1v) is 4.25. The lowest BCUT2D eigenvalue weighted by molar-refractivity contribution is -0.131. The number of hydrogen-bond donors (Lipinski definition) is 1. The second-order valence-electron chi connectivity index (χ2n) is 2.82. The van der Waals surface area contributed by atoms with Crippen molar-refractivity contribution >= 4 is 12.0 Å². The van der Waals surface area contributed by atoms with Crippen LogP contribution < -0.4 is 4.74 Å². The Hall–Kier alpha value is -2.05. The molecule has 0 radical (unpaired) electrons. The van der Waals surface area contributed by atoms with Gasteiger partial charge in [0, 0.05) is 6.08 Å². The van der Waals surface area contributed by atoms with E-state index in [1.807, 2.05) is 0 Å². The normalized spacial score (nSPS) is 11.1. The average molecular weight is 250 g/mol. The molecule has 0 saturated carbocycles. The maximum atomic E-state index is 13.4. The zero-order valence-electron chi connectivity index (χ0n) is 8.16. The number of carbonyl (C=O) groups is 1. The maximum Gasteiger partial charge on any atom is 0.387 e. The monoisotopic (exact) mass is 250 g/mol. The summed E-state index contributed by atoms with van der Waals surface area (Å²) in [6.45, 7) is -3.26. The molecule has 17 heavy (non-hydrogen) atoms. The largest absolute Gasteiger partial charge is 0.478 e. The lowest BCUT2D eigenvalue weighted by Gasteiger charge is -2.07. The Morgan fingerprint density at radius 2 is 2.00 bits per heavy atom. The van der Waals surface area contributed by atoms with Gasteiger partial charge < -0.3 is 9.84 Å². The SMILES string of the molecule is O=C(O)/C=C/c1c(F)ccc(OC(F)F)c1F. The minimum Gasteiger partial charge on any atom is -0.478 e. The van der Waals surface area contributed by atoms with E-state index < -0.39 is 35.5 Å². The first kappa shape index (κ1) is 13.0. The first-order chi connectivity index (χ1) is 7.91. The third-order valence-corrected chi connectivity index (χ3v) is 1.70. The average Bonchev–Trinajstić information content (AvgIpc) is 2.21. The van der Waals surface area contributed by atoms with Crippen LogP contribution in [0.25, 0.3) is 6.08 Å². The number of carboxylic acid groups (broad SMARTS) is 1. The summed E-state index contributed by atoms with van der Waals surface area (Å²) >= 11 is 0. The molecular formula is C10H6F4O3. The Morgan fingerprint density at radius 3 is 2.53 bits per heavy atom. The molecule has 1 rings (SSSR count). The fourth-order valence-electron chi connectivity index (χ4n) is 1.04. The van der Waals surface area contributed by atoms with Gasteiger partial charge in [0.1, 0.15) is 5.82 Å². The van der Waals surface area contributed by atoms with Gasteiger partial charge in [-0.3, -0.25) is 0 Å². The number of aliphatic carboxylic acids is 1. The molecule has 7 heteroatoms. The van der Waals surface area contributed by atoms with Gasteiger partial charge in [0.2, 0.25) is 0 Å². The standard InChI is InChI=1S/C10H6F4O3/c11-6-2-3-7(17-10(13)14)9(12)5(6)1-4-8(15)16/h1-4,10H,(H,15,16)/b4-1+. The molecule has 1 aromatic carbocycles. The molecule has 0 amide bonds. The molecule has 0 aliphatic rings. The zero-order chi connectivity index (χ0) is 13.0. The van der Waals surface area contributed by atoms with E-state index in [4.69, 9.17) is 5.11 Å². The maximum absolute atomic E-state index is 13.4. The summed E-state index contributed by atoms with van der Waals surface area (Å²) in [5.41, 5.74) is -0.759. The topological polar surface area (TPSA) is 46.5 Å². The van der Waals surface area contributed by atoms with E-state index in [0.717, 1.165) is 0 Å². The van der Waals surface area contributed by atoms with Crippen LogP contribution in [-0.2, 0) is 4.79 Å². The second-order valence-corrected chi connectivity index (χ2v) is 2.82. The fourth-order valence-corrected chi connectivity index (χ4v) is 1.04. The number of ether oxygens (including phenoxy) is 1. The summed E-state index contributed by atoms with van der Waals surface area (Å²) in [7, 11) is 0. The number of hydrogen-bond acceptors (Lipinski definition) is 2. The Labute approximate surface area is 92.9 Å². The lowest BCUT2D eigenvalue weighted by Crippen LogP contribution is -2.05. The highest BCUT2D eigenvalue weighted by Gasteiger charge is 2.15. The highest BCUT2D eigenvalue weighted by molar-refractivity contribution is 5.85. The van der Waals surface area contributed by atoms with Gasteiger partial charge in [-0.15, -0.1) is 0 Å². The third kappa shape index (κ3) is 3.47. The van der Waals surface area contributed by atoms with Crippen LogP contribution >= 0.6 is 0 Å². The summed E-state index contributed by atoms with van der Waals surface area (Å²) in [6.07, 6.45) is 1.10. The Morgan fingerprint density at radius 1 is 1.35 bits per heavy atom. The van der Waals surface area contributed by atoms with Crippen LogP contribution in [-0.4, -0.2) is 17.7 Å². The quantitative estimate of drug-likeness (QED) is 0.660. The highest BCUT2D eigenvalue weighted by atomic mass is 19.3. The predicted molar refractivity (Wildman–Crippen MR) is 49.7 cm³/mol. The minimum absolute atomic E-state index is 0.480. The number of halogens is 4. The zero-order valence-corrected chi connectivity index (χ0v) is 8.16. The van der Waals surface area contributed by atoms with Crippen LogP contribution in [0.2, 0.25) is 0 Å². The molecule has 0 aliphatic heterocycles. The molecule has 0 saturated heterocycles. The fraction of sp³-hybridized carbons (Fsp3) is 0.100. The van der Waals surface area contributed by atoms with Crippen molar-refractivity contribution < 1.29 is 32.2 Å². The second kappa shape index (κ2) is 5.33. The van der Waals surface area contributed by atoms with Gasteiger partial charge in [-0.1, -0.05) is 0 Å². The van der Waals surface area contributed by atoms with Gasteiger partial charge in [0.25, 0.3) is 0 Å². The molecule has 0 aromatic heterocycles. The van der Waals surface area contributed by atoms with Gasteiger partial charge in [0.15, 0.2) is 11.6 Å². The van der Waals surface area contributed by atoms with Crippen molar-refractivity contribution in [3.05, 3.63) is 35.4 Å². The lowest BCUT2D eigenvalue weighted by atomic mass is 10.1. The number of carboxylic acids is 1. The molecule has 0 heterocycles. The number of benzene rings is 1. The highest BCUT2D eigenvalue weighted by Crippen LogP contribution is 2.25. The Kier molecular flexibility index (Phi) is 4.08. The van der Waals surface area contributed by atoms with Crippen molar-refractivity contribution in [2.75, 3.05) is 0 Å². The van der Waals surface area contributed by atoms with Gasteiger partial charge in [-0.2, -0.15) is 8.78 Å². The smallest absolute Gasteiger partial charge is 0.387 e. The molecular weight excluding hydrogens is 244 g/mol. The summed E-state index contributed by atoms with van der Waals surface area (Å²) in [4.78, 5) is 10.2. The van der Waals surface area contributed by atoms with E-state index in [1.54, 1.807) is 0 Å². The van der Waals surface area contributed by atoms with Gasteiger partial charge in [-0.05, 0) is 18.2 Å². The molecule has 0 aliphatic carbocycles.